The Hall–Kier alpha value is -2.44. The number of ether oxygens (including phenoxy) is 1. The van der Waals surface area contributed by atoms with Crippen molar-refractivity contribution in [2.24, 2.45) is 0 Å². The van der Waals surface area contributed by atoms with E-state index in [1.165, 1.54) is 18.2 Å². The van der Waals surface area contributed by atoms with Crippen LogP contribution in [0, 0.1) is 3.57 Å². The number of benzene rings is 2. The number of rotatable bonds is 6. The van der Waals surface area contributed by atoms with Gasteiger partial charge in [0.2, 0.25) is 5.69 Å². The number of esters is 1. The topological polar surface area (TPSA) is 105 Å². The molecule has 0 aliphatic carbocycles. The molecule has 11 heteroatoms. The Kier molecular flexibility index (Phi) is 6.78. The lowest BCUT2D eigenvalue weighted by Gasteiger charge is -2.13. The van der Waals surface area contributed by atoms with E-state index < -0.39 is 33.1 Å². The van der Waals surface area contributed by atoms with E-state index in [-0.39, 0.29) is 22.2 Å². The summed E-state index contributed by atoms with van der Waals surface area (Å²) in [5.41, 5.74) is -1.02. The first kappa shape index (κ1) is 22.2. The number of halogens is 2. The van der Waals surface area contributed by atoms with Crippen molar-refractivity contribution in [3.8, 4) is 11.4 Å². The van der Waals surface area contributed by atoms with Crippen LogP contribution in [-0.4, -0.2) is 30.8 Å². The molecule has 0 fully saturated rings. The highest BCUT2D eigenvalue weighted by Gasteiger charge is 2.25. The predicted octanol–water partition coefficient (Wildman–Crippen LogP) is 3.43. The first-order chi connectivity index (χ1) is 14.2. The average Bonchev–Trinajstić information content (AvgIpc) is 2.69. The van der Waals surface area contributed by atoms with Crippen LogP contribution in [0.4, 0.5) is 0 Å². The van der Waals surface area contributed by atoms with Crippen molar-refractivity contribution in [1.82, 2.24) is 9.78 Å². The van der Waals surface area contributed by atoms with E-state index in [1.807, 2.05) is 22.6 Å². The third kappa shape index (κ3) is 4.82. The van der Waals surface area contributed by atoms with E-state index in [0.717, 1.165) is 14.3 Å². The van der Waals surface area contributed by atoms with E-state index in [9.17, 15) is 18.0 Å². The standard InChI is InChI=1S/C19H14ClIN2O6S/c1-2-28-19(25)18-16(29-30(26,27)13-9-7-12(21)8-10-13)11-17(24)23(22-18)15-6-4-3-5-14(15)20/h3-11H,2H2,1H3. The molecular weight excluding hydrogens is 547 g/mol. The lowest BCUT2D eigenvalue weighted by atomic mass is 10.3. The number of carbonyl (C=O) groups excluding carboxylic acids is 1. The molecule has 0 aliphatic rings. The zero-order valence-corrected chi connectivity index (χ0v) is 19.1. The van der Waals surface area contributed by atoms with Gasteiger partial charge in [-0.2, -0.15) is 18.2 Å². The van der Waals surface area contributed by atoms with Gasteiger partial charge in [-0.1, -0.05) is 23.7 Å². The number of hydrogen-bond acceptors (Lipinski definition) is 7. The van der Waals surface area contributed by atoms with Crippen molar-refractivity contribution in [3.05, 3.63) is 79.2 Å². The number of para-hydroxylation sites is 1. The summed E-state index contributed by atoms with van der Waals surface area (Å²) < 4.78 is 37.0. The van der Waals surface area contributed by atoms with Gasteiger partial charge in [0.05, 0.1) is 23.4 Å². The lowest BCUT2D eigenvalue weighted by Crippen LogP contribution is -2.26. The van der Waals surface area contributed by atoms with Gasteiger partial charge in [0.15, 0.2) is 5.75 Å². The van der Waals surface area contributed by atoms with Crippen molar-refractivity contribution in [2.75, 3.05) is 6.61 Å². The second-order valence-corrected chi connectivity index (χ2v) is 8.97. The fraction of sp³-hybridized carbons (Fsp3) is 0.105. The van der Waals surface area contributed by atoms with Gasteiger partial charge in [0.25, 0.3) is 5.56 Å². The zero-order valence-electron chi connectivity index (χ0n) is 15.4. The van der Waals surface area contributed by atoms with E-state index in [0.29, 0.717) is 0 Å². The van der Waals surface area contributed by atoms with E-state index >= 15 is 0 Å². The summed E-state index contributed by atoms with van der Waals surface area (Å²) in [7, 11) is -4.33. The molecule has 0 unspecified atom stereocenters. The van der Waals surface area contributed by atoms with Crippen molar-refractivity contribution >= 4 is 50.3 Å². The minimum Gasteiger partial charge on any atom is -0.461 e. The first-order valence-electron chi connectivity index (χ1n) is 8.49. The average molecular weight is 561 g/mol. The van der Waals surface area contributed by atoms with Crippen molar-refractivity contribution in [2.45, 2.75) is 11.8 Å². The number of carbonyl (C=O) groups is 1. The maximum absolute atomic E-state index is 12.6. The monoisotopic (exact) mass is 560 g/mol. The van der Waals surface area contributed by atoms with Gasteiger partial charge < -0.3 is 8.92 Å². The van der Waals surface area contributed by atoms with Crippen LogP contribution in [0.3, 0.4) is 0 Å². The van der Waals surface area contributed by atoms with Gasteiger partial charge in [0, 0.05) is 3.57 Å². The maximum Gasteiger partial charge on any atom is 0.362 e. The third-order valence-electron chi connectivity index (χ3n) is 3.75. The van der Waals surface area contributed by atoms with Gasteiger partial charge in [-0.3, -0.25) is 4.79 Å². The van der Waals surface area contributed by atoms with Gasteiger partial charge in [-0.25, -0.2) is 4.79 Å². The molecule has 156 valence electrons. The van der Waals surface area contributed by atoms with E-state index in [2.05, 4.69) is 5.10 Å². The Balaban J connectivity index is 2.13. The van der Waals surface area contributed by atoms with Crippen LogP contribution in [0.25, 0.3) is 5.69 Å². The lowest BCUT2D eigenvalue weighted by molar-refractivity contribution is 0.0515. The molecule has 0 radical (unpaired) electrons. The van der Waals surface area contributed by atoms with Crippen LogP contribution in [0.15, 0.2) is 64.3 Å². The summed E-state index contributed by atoms with van der Waals surface area (Å²) in [6, 6.07) is 13.1. The summed E-state index contributed by atoms with van der Waals surface area (Å²) in [6.07, 6.45) is 0. The van der Waals surface area contributed by atoms with Crippen LogP contribution in [0.1, 0.15) is 17.4 Å². The molecule has 8 nitrogen and oxygen atoms in total. The molecule has 0 atom stereocenters. The summed E-state index contributed by atoms with van der Waals surface area (Å²) in [5, 5.41) is 4.18. The third-order valence-corrected chi connectivity index (χ3v) is 6.04. The predicted molar refractivity (Wildman–Crippen MR) is 118 cm³/mol. The molecule has 0 amide bonds. The molecule has 3 aromatic rings. The Morgan fingerprint density at radius 1 is 1.17 bits per heavy atom. The zero-order chi connectivity index (χ0) is 21.9. The first-order valence-corrected chi connectivity index (χ1v) is 11.4. The second-order valence-electron chi connectivity index (χ2n) is 5.77. The number of nitrogens with zero attached hydrogens (tertiary/aromatic N) is 2. The molecular formula is C19H14ClIN2O6S. The molecule has 30 heavy (non-hydrogen) atoms. The molecule has 2 aromatic carbocycles. The van der Waals surface area contributed by atoms with Gasteiger partial charge in [-0.05, 0) is 65.9 Å². The molecule has 0 spiro atoms. The second kappa shape index (κ2) is 9.14. The molecule has 0 aliphatic heterocycles. The Morgan fingerprint density at radius 2 is 1.83 bits per heavy atom. The fourth-order valence-corrected chi connectivity index (χ4v) is 3.91. The van der Waals surface area contributed by atoms with Crippen LogP contribution in [0.2, 0.25) is 5.02 Å². The summed E-state index contributed by atoms with van der Waals surface area (Å²) >= 11 is 8.14. The molecule has 0 bridgehead atoms. The quantitative estimate of drug-likeness (QED) is 0.258. The van der Waals surface area contributed by atoms with Crippen LogP contribution in [0.5, 0.6) is 5.75 Å². The molecule has 1 heterocycles. The van der Waals surface area contributed by atoms with Crippen molar-refractivity contribution in [3.63, 3.8) is 0 Å². The van der Waals surface area contributed by atoms with Crippen LogP contribution in [-0.2, 0) is 14.9 Å². The molecule has 3 rings (SSSR count). The Bertz CT molecular complexity index is 1260. The summed E-state index contributed by atoms with van der Waals surface area (Å²) in [4.78, 5) is 24.9. The molecule has 0 saturated carbocycles. The highest BCUT2D eigenvalue weighted by molar-refractivity contribution is 14.1. The Morgan fingerprint density at radius 3 is 2.47 bits per heavy atom. The molecule has 1 aromatic heterocycles. The summed E-state index contributed by atoms with van der Waals surface area (Å²) in [6.45, 7) is 1.58. The maximum atomic E-state index is 12.6. The van der Waals surface area contributed by atoms with Gasteiger partial charge in [-0.15, -0.1) is 0 Å². The Labute approximate surface area is 190 Å². The molecule has 0 saturated heterocycles. The van der Waals surface area contributed by atoms with E-state index in [1.54, 1.807) is 37.3 Å². The smallest absolute Gasteiger partial charge is 0.362 e. The van der Waals surface area contributed by atoms with Gasteiger partial charge in [0.1, 0.15) is 4.90 Å². The molecule has 0 N–H and O–H groups in total. The highest BCUT2D eigenvalue weighted by Crippen LogP contribution is 2.24. The number of aromatic nitrogens is 2. The SMILES string of the molecule is CCOC(=O)c1nn(-c2ccccc2Cl)c(=O)cc1OS(=O)(=O)c1ccc(I)cc1. The van der Waals surface area contributed by atoms with Gasteiger partial charge >= 0.3 is 16.1 Å². The minimum atomic E-state index is -4.33. The fourth-order valence-electron chi connectivity index (χ4n) is 2.41. The van der Waals surface area contributed by atoms with E-state index in [4.69, 9.17) is 20.5 Å². The summed E-state index contributed by atoms with van der Waals surface area (Å²) in [5.74, 6) is -1.49. The normalized spacial score (nSPS) is 11.2. The minimum absolute atomic E-state index is 0.00897. The number of hydrogen-bond donors (Lipinski definition) is 0. The highest BCUT2D eigenvalue weighted by atomic mass is 127. The van der Waals surface area contributed by atoms with Crippen LogP contribution < -0.4 is 9.74 Å². The largest absolute Gasteiger partial charge is 0.461 e. The van der Waals surface area contributed by atoms with Crippen molar-refractivity contribution < 1.29 is 22.1 Å². The van der Waals surface area contributed by atoms with Crippen molar-refractivity contribution in [1.29, 1.82) is 0 Å². The van der Waals surface area contributed by atoms with Crippen LogP contribution >= 0.6 is 34.2 Å².